The average Bonchev–Trinajstić information content (AvgIpc) is 3.63. The van der Waals surface area contributed by atoms with E-state index in [-0.39, 0.29) is 37.1 Å². The highest BCUT2D eigenvalue weighted by Gasteiger charge is 2.66. The van der Waals surface area contributed by atoms with Crippen LogP contribution in [0.15, 0.2) is 54.6 Å². The fourth-order valence-electron chi connectivity index (χ4n) is 7.31. The summed E-state index contributed by atoms with van der Waals surface area (Å²) in [6.45, 7) is 3.74. The lowest BCUT2D eigenvalue weighted by Gasteiger charge is -2.29. The standard InChI is InChI=1S/C34H36FIN6O5/c1-21(43)46-19-27-31(39-32-29(38-27)30(36)40-42(32)28-12-5-6-15-45-28)41-14-13-25-26(17-41)34(25,23-10-7-11-24(35)16-23)20-37-33(44)47-18-22-8-3-2-4-9-22/h2-4,7-11,16,25-26,28H,5-6,12-15,17-20H2,1H3,(H,37,44). The van der Waals surface area contributed by atoms with Crippen molar-refractivity contribution in [3.8, 4) is 0 Å². The van der Waals surface area contributed by atoms with Gasteiger partial charge in [0.25, 0.3) is 0 Å². The Hall–Kier alpha value is -3.85. The maximum absolute atomic E-state index is 14.6. The van der Waals surface area contributed by atoms with Crippen molar-refractivity contribution >= 4 is 51.6 Å². The molecule has 2 aromatic heterocycles. The van der Waals surface area contributed by atoms with E-state index in [1.807, 2.05) is 41.1 Å². The molecule has 13 heteroatoms. The zero-order valence-electron chi connectivity index (χ0n) is 26.0. The lowest BCUT2D eigenvalue weighted by atomic mass is 9.91. The van der Waals surface area contributed by atoms with Crippen molar-refractivity contribution in [1.82, 2.24) is 25.1 Å². The zero-order chi connectivity index (χ0) is 32.5. The number of fused-ring (bicyclic) bond motifs is 2. The van der Waals surface area contributed by atoms with E-state index in [2.05, 4.69) is 32.8 Å². The van der Waals surface area contributed by atoms with Gasteiger partial charge >= 0.3 is 12.1 Å². The highest BCUT2D eigenvalue weighted by Crippen LogP contribution is 2.63. The van der Waals surface area contributed by atoms with Gasteiger partial charge in [-0.25, -0.2) is 23.8 Å². The number of piperidine rings is 1. The molecule has 4 aromatic rings. The molecule has 4 heterocycles. The molecule has 2 aromatic carbocycles. The number of hydrogen-bond acceptors (Lipinski definition) is 9. The summed E-state index contributed by atoms with van der Waals surface area (Å²) in [5.74, 6) is 0.210. The molecule has 3 aliphatic rings. The summed E-state index contributed by atoms with van der Waals surface area (Å²) in [5, 5.41) is 7.73. The van der Waals surface area contributed by atoms with Gasteiger partial charge in [0.1, 0.15) is 30.2 Å². The van der Waals surface area contributed by atoms with Crippen LogP contribution in [0.4, 0.5) is 15.0 Å². The van der Waals surface area contributed by atoms with Crippen molar-refractivity contribution in [3.63, 3.8) is 0 Å². The molecular formula is C34H36FIN6O5. The van der Waals surface area contributed by atoms with Crippen LogP contribution in [-0.2, 0) is 37.6 Å². The van der Waals surface area contributed by atoms with Crippen LogP contribution < -0.4 is 10.2 Å². The van der Waals surface area contributed by atoms with Crippen molar-refractivity contribution in [1.29, 1.82) is 0 Å². The second-order valence-corrected chi connectivity index (χ2v) is 13.4. The molecule has 4 atom stereocenters. The Morgan fingerprint density at radius 1 is 1.06 bits per heavy atom. The fraction of sp³-hybridized carbons (Fsp3) is 0.441. The Morgan fingerprint density at radius 3 is 2.68 bits per heavy atom. The Balaban J connectivity index is 1.17. The molecule has 246 valence electrons. The van der Waals surface area contributed by atoms with E-state index in [4.69, 9.17) is 29.3 Å². The van der Waals surface area contributed by atoms with Gasteiger partial charge in [0.15, 0.2) is 21.4 Å². The molecule has 0 bridgehead atoms. The third kappa shape index (κ3) is 6.39. The van der Waals surface area contributed by atoms with Gasteiger partial charge in [-0.1, -0.05) is 42.5 Å². The van der Waals surface area contributed by atoms with Crippen LogP contribution in [0.5, 0.6) is 0 Å². The third-order valence-corrected chi connectivity index (χ3v) is 10.3. The molecule has 11 nitrogen and oxygen atoms in total. The van der Waals surface area contributed by atoms with E-state index in [9.17, 15) is 14.0 Å². The number of esters is 1. The first-order valence-corrected chi connectivity index (χ1v) is 17.1. The van der Waals surface area contributed by atoms with Crippen LogP contribution in [0.2, 0.25) is 0 Å². The number of hydrogen-bond donors (Lipinski definition) is 1. The van der Waals surface area contributed by atoms with Gasteiger partial charge in [0, 0.05) is 38.6 Å². The molecule has 0 radical (unpaired) electrons. The number of aromatic nitrogens is 4. The summed E-state index contributed by atoms with van der Waals surface area (Å²) in [7, 11) is 0. The molecule has 3 fully saturated rings. The number of amides is 1. The molecule has 7 rings (SSSR count). The molecule has 2 aliphatic heterocycles. The van der Waals surface area contributed by atoms with Crippen molar-refractivity contribution in [2.75, 3.05) is 31.1 Å². The maximum atomic E-state index is 14.6. The minimum atomic E-state index is -0.516. The van der Waals surface area contributed by atoms with Crippen LogP contribution in [-0.4, -0.2) is 58.1 Å². The van der Waals surface area contributed by atoms with E-state index in [0.29, 0.717) is 52.6 Å². The van der Waals surface area contributed by atoms with E-state index in [1.165, 1.54) is 13.0 Å². The largest absolute Gasteiger partial charge is 0.459 e. The van der Waals surface area contributed by atoms with E-state index >= 15 is 0 Å². The number of anilines is 1. The number of nitrogens with zero attached hydrogens (tertiary/aromatic N) is 5. The lowest BCUT2D eigenvalue weighted by Crippen LogP contribution is -2.36. The van der Waals surface area contributed by atoms with Gasteiger partial charge in [-0.2, -0.15) is 5.10 Å². The number of benzene rings is 2. The number of carbonyl (C=O) groups excluding carboxylic acids is 2. The van der Waals surface area contributed by atoms with E-state index in [0.717, 1.165) is 36.8 Å². The molecule has 1 amide bonds. The summed E-state index contributed by atoms with van der Waals surface area (Å²) in [5.41, 5.74) is 3.07. The van der Waals surface area contributed by atoms with Crippen molar-refractivity contribution in [2.24, 2.45) is 11.8 Å². The second kappa shape index (κ2) is 13.3. The normalized spacial score (nSPS) is 23.6. The maximum Gasteiger partial charge on any atom is 0.407 e. The van der Waals surface area contributed by atoms with Crippen LogP contribution in [0.25, 0.3) is 11.2 Å². The smallest absolute Gasteiger partial charge is 0.407 e. The third-order valence-electron chi connectivity index (χ3n) is 9.60. The van der Waals surface area contributed by atoms with Gasteiger partial charge in [-0.15, -0.1) is 0 Å². The number of ether oxygens (including phenoxy) is 3. The first kappa shape index (κ1) is 31.7. The molecule has 47 heavy (non-hydrogen) atoms. The van der Waals surface area contributed by atoms with Gasteiger partial charge in [-0.05, 0) is 83.4 Å². The zero-order valence-corrected chi connectivity index (χ0v) is 28.2. The van der Waals surface area contributed by atoms with Gasteiger partial charge in [-0.3, -0.25) is 4.79 Å². The molecular weight excluding hydrogens is 718 g/mol. The van der Waals surface area contributed by atoms with Crippen LogP contribution in [0.1, 0.15) is 55.7 Å². The SMILES string of the molecule is CC(=O)OCc1nc2c(I)nn(C3CCCCO3)c2nc1N1CCC2C(C1)C2(CNC(=O)OCc1ccccc1)c1cccc(F)c1. The summed E-state index contributed by atoms with van der Waals surface area (Å²) >= 11 is 2.16. The molecule has 4 unspecified atom stereocenters. The Bertz CT molecular complexity index is 1780. The van der Waals surface area contributed by atoms with Crippen LogP contribution in [0, 0.1) is 21.4 Å². The van der Waals surface area contributed by atoms with E-state index in [1.54, 1.807) is 12.1 Å². The highest BCUT2D eigenvalue weighted by molar-refractivity contribution is 14.1. The molecule has 1 N–H and O–H groups in total. The fourth-order valence-corrected chi connectivity index (χ4v) is 7.90. The summed E-state index contributed by atoms with van der Waals surface area (Å²) in [4.78, 5) is 36.9. The Kier molecular flexibility index (Phi) is 9.01. The van der Waals surface area contributed by atoms with Crippen LogP contribution in [0.3, 0.4) is 0 Å². The average molecular weight is 755 g/mol. The quantitative estimate of drug-likeness (QED) is 0.171. The Morgan fingerprint density at radius 2 is 1.91 bits per heavy atom. The van der Waals surface area contributed by atoms with Crippen molar-refractivity contribution in [2.45, 2.75) is 57.5 Å². The number of nitrogens with one attached hydrogen (secondary N) is 1. The molecule has 1 saturated carbocycles. The number of halogens is 2. The second-order valence-electron chi connectivity index (χ2n) is 12.4. The first-order valence-electron chi connectivity index (χ1n) is 16.0. The van der Waals surface area contributed by atoms with Crippen LogP contribution >= 0.6 is 22.6 Å². The summed E-state index contributed by atoms with van der Waals surface area (Å²) < 4.78 is 34.1. The van der Waals surface area contributed by atoms with E-state index < -0.39 is 17.5 Å². The lowest BCUT2D eigenvalue weighted by molar-refractivity contribution is -0.142. The Labute approximate surface area is 285 Å². The van der Waals surface area contributed by atoms with Gasteiger partial charge in [0.05, 0.1) is 0 Å². The summed E-state index contributed by atoms with van der Waals surface area (Å²) in [6, 6.07) is 16.2. The predicted molar refractivity (Wildman–Crippen MR) is 179 cm³/mol. The van der Waals surface area contributed by atoms with Gasteiger partial charge < -0.3 is 24.4 Å². The highest BCUT2D eigenvalue weighted by atomic mass is 127. The monoisotopic (exact) mass is 754 g/mol. The van der Waals surface area contributed by atoms with Gasteiger partial charge in [0.2, 0.25) is 0 Å². The first-order chi connectivity index (χ1) is 22.8. The number of rotatable bonds is 9. The minimum Gasteiger partial charge on any atom is -0.459 e. The molecule has 0 spiro atoms. The predicted octanol–water partition coefficient (Wildman–Crippen LogP) is 5.65. The molecule has 2 saturated heterocycles. The topological polar surface area (TPSA) is 121 Å². The minimum absolute atomic E-state index is 0.0246. The van der Waals surface area contributed by atoms with Crippen molar-refractivity contribution in [3.05, 3.63) is 80.9 Å². The number of carbonyl (C=O) groups is 2. The number of alkyl carbamates (subject to hydrolysis) is 1. The summed E-state index contributed by atoms with van der Waals surface area (Å²) in [6.07, 6.45) is 2.94. The molecule has 1 aliphatic carbocycles. The van der Waals surface area contributed by atoms with Crippen molar-refractivity contribution < 1.29 is 28.2 Å².